The van der Waals surface area contributed by atoms with Gasteiger partial charge in [0.1, 0.15) is 11.3 Å². The van der Waals surface area contributed by atoms with Gasteiger partial charge in [0, 0.05) is 27.2 Å². The minimum Gasteiger partial charge on any atom is -0.507 e. The van der Waals surface area contributed by atoms with Crippen LogP contribution in [0.3, 0.4) is 0 Å². The van der Waals surface area contributed by atoms with E-state index in [0.717, 1.165) is 0 Å². The molecule has 0 saturated carbocycles. The number of carbonyl (C=O) groups is 1. The highest BCUT2D eigenvalue weighted by Gasteiger charge is 2.18. The summed E-state index contributed by atoms with van der Waals surface area (Å²) in [6.07, 6.45) is 1.34. The van der Waals surface area contributed by atoms with Crippen LogP contribution in [0, 0.1) is 6.92 Å². The van der Waals surface area contributed by atoms with Crippen molar-refractivity contribution in [2.24, 2.45) is 0 Å². The molecule has 0 radical (unpaired) electrons. The van der Waals surface area contributed by atoms with Crippen molar-refractivity contribution in [3.8, 4) is 5.75 Å². The van der Waals surface area contributed by atoms with Crippen molar-refractivity contribution in [2.45, 2.75) is 6.92 Å². The summed E-state index contributed by atoms with van der Waals surface area (Å²) in [5.41, 5.74) is 0.920. The van der Waals surface area contributed by atoms with E-state index in [1.807, 2.05) is 0 Å². The monoisotopic (exact) mass is 399 g/mol. The van der Waals surface area contributed by atoms with Crippen molar-refractivity contribution in [3.05, 3.63) is 79.8 Å². The fraction of sp³-hybridized carbons (Fsp3) is 0.0500. The third kappa shape index (κ3) is 2.95. The number of aryl methyl sites for hydroxylation is 1. The number of fused-ring (bicyclic) bond motifs is 3. The van der Waals surface area contributed by atoms with Gasteiger partial charge in [-0.3, -0.25) is 9.78 Å². The number of pyridine rings is 1. The van der Waals surface area contributed by atoms with Crippen molar-refractivity contribution in [2.75, 3.05) is 0 Å². The summed E-state index contributed by atoms with van der Waals surface area (Å²) in [4.78, 5) is 29.4. The van der Waals surface area contributed by atoms with Gasteiger partial charge in [-0.15, -0.1) is 0 Å². The van der Waals surface area contributed by atoms with Crippen LogP contribution in [-0.4, -0.2) is 15.9 Å². The molecule has 2 aromatic heterocycles. The number of benzene rings is 2. The molecule has 2 heterocycles. The number of nitrogens with zero attached hydrogens (tertiary/aromatic N) is 1. The molecule has 134 valence electrons. The molecule has 0 unspecified atom stereocenters. The normalized spacial score (nSPS) is 11.2. The molecule has 0 amide bonds. The lowest BCUT2D eigenvalue weighted by atomic mass is 10.0. The van der Waals surface area contributed by atoms with E-state index in [9.17, 15) is 14.7 Å². The lowest BCUT2D eigenvalue weighted by Crippen LogP contribution is -2.07. The minimum absolute atomic E-state index is 0.0278. The molecule has 7 heteroatoms. The first-order valence-corrected chi connectivity index (χ1v) is 8.66. The second-order valence-corrected chi connectivity index (χ2v) is 6.94. The maximum Gasteiger partial charge on any atom is 0.345 e. The molecule has 0 bridgehead atoms. The Balaban J connectivity index is 1.93. The molecule has 4 rings (SSSR count). The van der Waals surface area contributed by atoms with Crippen molar-refractivity contribution < 1.29 is 14.3 Å². The van der Waals surface area contributed by atoms with Crippen LogP contribution in [0.1, 0.15) is 21.5 Å². The Morgan fingerprint density at radius 2 is 1.89 bits per heavy atom. The summed E-state index contributed by atoms with van der Waals surface area (Å²) in [5, 5.41) is 11.6. The second-order valence-electron chi connectivity index (χ2n) is 6.10. The van der Waals surface area contributed by atoms with E-state index in [2.05, 4.69) is 4.98 Å². The fourth-order valence-electron chi connectivity index (χ4n) is 2.89. The molecular weight excluding hydrogens is 389 g/mol. The van der Waals surface area contributed by atoms with Crippen LogP contribution in [0.25, 0.3) is 21.9 Å². The third-order valence-corrected chi connectivity index (χ3v) is 4.93. The summed E-state index contributed by atoms with van der Waals surface area (Å²) in [7, 11) is 0. The Kier molecular flexibility index (Phi) is 4.13. The number of halogens is 2. The maximum absolute atomic E-state index is 12.8. The molecular formula is C20H11Cl2NO4. The van der Waals surface area contributed by atoms with Gasteiger partial charge in [0.05, 0.1) is 16.5 Å². The zero-order chi connectivity index (χ0) is 19.3. The predicted octanol–water partition coefficient (Wildman–Crippen LogP) is 4.89. The topological polar surface area (TPSA) is 80.4 Å². The van der Waals surface area contributed by atoms with E-state index in [4.69, 9.17) is 27.6 Å². The highest BCUT2D eigenvalue weighted by Crippen LogP contribution is 2.29. The number of hydrogen-bond donors (Lipinski definition) is 1. The lowest BCUT2D eigenvalue weighted by Gasteiger charge is -2.08. The molecule has 0 fully saturated rings. The van der Waals surface area contributed by atoms with Gasteiger partial charge >= 0.3 is 5.63 Å². The average molecular weight is 400 g/mol. The Bertz CT molecular complexity index is 1310. The van der Waals surface area contributed by atoms with Crippen molar-refractivity contribution in [1.82, 2.24) is 4.98 Å². The largest absolute Gasteiger partial charge is 0.507 e. The molecule has 5 nitrogen and oxygen atoms in total. The number of carbonyl (C=O) groups excluding carboxylic acids is 1. The van der Waals surface area contributed by atoms with E-state index < -0.39 is 11.4 Å². The first-order chi connectivity index (χ1) is 12.8. The molecule has 0 aliphatic heterocycles. The first kappa shape index (κ1) is 17.5. The number of hydrogen-bond acceptors (Lipinski definition) is 5. The SMILES string of the molecule is Cc1cc(O)c(C(=O)c2cnc3c(c2)c(=O)oc2ccc(Cl)cc23)cc1Cl. The molecule has 0 aliphatic carbocycles. The standard InChI is InChI=1S/C20H11Cl2NO4/c1-9-4-16(24)12(7-15(9)22)19(25)10-5-14-18(23-8-10)13-6-11(21)2-3-17(13)27-20(14)26/h2-8,24H,1H3. The van der Waals surface area contributed by atoms with E-state index in [1.54, 1.807) is 25.1 Å². The van der Waals surface area contributed by atoms with Crippen molar-refractivity contribution in [1.29, 1.82) is 0 Å². The van der Waals surface area contributed by atoms with Gasteiger partial charge in [-0.2, -0.15) is 0 Å². The van der Waals surface area contributed by atoms with Crippen molar-refractivity contribution in [3.63, 3.8) is 0 Å². The Morgan fingerprint density at radius 1 is 1.11 bits per heavy atom. The molecule has 2 aromatic carbocycles. The van der Waals surface area contributed by atoms with Gasteiger partial charge in [-0.1, -0.05) is 23.2 Å². The van der Waals surface area contributed by atoms with Gasteiger partial charge < -0.3 is 9.52 Å². The minimum atomic E-state index is -0.617. The molecule has 0 aliphatic rings. The predicted molar refractivity (Wildman–Crippen MR) is 104 cm³/mol. The van der Waals surface area contributed by atoms with Crippen LogP contribution < -0.4 is 5.63 Å². The highest BCUT2D eigenvalue weighted by atomic mass is 35.5. The highest BCUT2D eigenvalue weighted by molar-refractivity contribution is 6.32. The molecule has 27 heavy (non-hydrogen) atoms. The van der Waals surface area contributed by atoms with E-state index in [1.165, 1.54) is 24.4 Å². The lowest BCUT2D eigenvalue weighted by molar-refractivity contribution is 0.103. The van der Waals surface area contributed by atoms with Gasteiger partial charge in [0.2, 0.25) is 0 Å². The van der Waals surface area contributed by atoms with E-state index in [0.29, 0.717) is 32.1 Å². The first-order valence-electron chi connectivity index (χ1n) is 7.91. The zero-order valence-electron chi connectivity index (χ0n) is 13.9. The van der Waals surface area contributed by atoms with Crippen LogP contribution >= 0.6 is 23.2 Å². The number of rotatable bonds is 2. The summed E-state index contributed by atoms with van der Waals surface area (Å²) in [6, 6.07) is 9.04. The summed E-state index contributed by atoms with van der Waals surface area (Å²) < 4.78 is 5.29. The van der Waals surface area contributed by atoms with Crippen LogP contribution in [0.5, 0.6) is 5.75 Å². The summed E-state index contributed by atoms with van der Waals surface area (Å²) in [5.74, 6) is -0.700. The number of phenolic OH excluding ortho intramolecular Hbond substituents is 1. The number of aromatic hydroxyl groups is 1. The number of aromatic nitrogens is 1. The van der Waals surface area contributed by atoms with E-state index in [-0.39, 0.29) is 22.3 Å². The van der Waals surface area contributed by atoms with E-state index >= 15 is 0 Å². The Morgan fingerprint density at radius 3 is 2.67 bits per heavy atom. The summed E-state index contributed by atoms with van der Waals surface area (Å²) in [6.45, 7) is 1.72. The Hall–Kier alpha value is -2.89. The number of ketones is 1. The van der Waals surface area contributed by atoms with Gasteiger partial charge in [-0.05, 0) is 48.9 Å². The molecule has 0 spiro atoms. The Labute approximate surface area is 162 Å². The third-order valence-electron chi connectivity index (χ3n) is 4.29. The van der Waals surface area contributed by atoms with Gasteiger partial charge in [0.25, 0.3) is 0 Å². The van der Waals surface area contributed by atoms with Crippen LogP contribution in [0.2, 0.25) is 10.0 Å². The summed E-state index contributed by atoms with van der Waals surface area (Å²) >= 11 is 12.1. The smallest absolute Gasteiger partial charge is 0.345 e. The fourth-order valence-corrected chi connectivity index (χ4v) is 3.23. The quantitative estimate of drug-likeness (QED) is 0.294. The average Bonchev–Trinajstić information content (AvgIpc) is 2.64. The zero-order valence-corrected chi connectivity index (χ0v) is 15.4. The number of phenols is 1. The van der Waals surface area contributed by atoms with Crippen LogP contribution in [-0.2, 0) is 0 Å². The second kappa shape index (κ2) is 6.37. The molecule has 0 saturated heterocycles. The van der Waals surface area contributed by atoms with Gasteiger partial charge in [-0.25, -0.2) is 4.79 Å². The van der Waals surface area contributed by atoms with Crippen molar-refractivity contribution >= 4 is 50.9 Å². The van der Waals surface area contributed by atoms with Crippen LogP contribution in [0.4, 0.5) is 0 Å². The van der Waals surface area contributed by atoms with Gasteiger partial charge in [0.15, 0.2) is 5.78 Å². The molecule has 4 aromatic rings. The molecule has 1 N–H and O–H groups in total. The van der Waals surface area contributed by atoms with Crippen LogP contribution in [0.15, 0.2) is 51.8 Å². The maximum atomic E-state index is 12.8. The molecule has 0 atom stereocenters.